The van der Waals surface area contributed by atoms with Crippen molar-refractivity contribution in [2.45, 2.75) is 33.1 Å². The lowest BCUT2D eigenvalue weighted by molar-refractivity contribution is -0.116. The Labute approximate surface area is 158 Å². The van der Waals surface area contributed by atoms with Gasteiger partial charge in [0, 0.05) is 23.0 Å². The Balaban J connectivity index is 0.00000288. The van der Waals surface area contributed by atoms with E-state index in [1.165, 1.54) is 0 Å². The van der Waals surface area contributed by atoms with Gasteiger partial charge in [0.15, 0.2) is 11.5 Å². The predicted octanol–water partition coefficient (Wildman–Crippen LogP) is 4.00. The lowest BCUT2D eigenvalue weighted by atomic mass is 10.0. The Morgan fingerprint density at radius 2 is 1.96 bits per heavy atom. The van der Waals surface area contributed by atoms with Crippen LogP contribution in [0.2, 0.25) is 0 Å². The number of amides is 1. The number of carbonyl (C=O) groups is 1. The van der Waals surface area contributed by atoms with Crippen LogP contribution < -0.4 is 20.1 Å². The topological polar surface area (TPSA) is 59.6 Å². The number of ether oxygens (including phenoxy) is 2. The summed E-state index contributed by atoms with van der Waals surface area (Å²) in [4.78, 5) is 12.2. The molecule has 0 saturated carbocycles. The van der Waals surface area contributed by atoms with Crippen LogP contribution in [-0.2, 0) is 4.79 Å². The maximum absolute atomic E-state index is 12.2. The first kappa shape index (κ1) is 21.1. The highest BCUT2D eigenvalue weighted by atomic mass is 79.9. The Morgan fingerprint density at radius 3 is 2.54 bits per heavy atom. The first-order valence-corrected chi connectivity index (χ1v) is 9.03. The highest BCUT2D eigenvalue weighted by molar-refractivity contribution is 9.10. The molecule has 0 aromatic heterocycles. The van der Waals surface area contributed by atoms with Gasteiger partial charge in [-0.3, -0.25) is 4.79 Å². The summed E-state index contributed by atoms with van der Waals surface area (Å²) < 4.78 is 12.0. The summed E-state index contributed by atoms with van der Waals surface area (Å²) in [5, 5.41) is 6.29. The van der Waals surface area contributed by atoms with Crippen molar-refractivity contribution in [1.29, 1.82) is 0 Å². The molecule has 1 heterocycles. The SMILES string of the molecule is CCOc1cc(Br)c(NC(=O)CCC2CCNC2)cc1OCC.Cl. The van der Waals surface area contributed by atoms with E-state index in [-0.39, 0.29) is 18.3 Å². The van der Waals surface area contributed by atoms with E-state index in [1.807, 2.05) is 26.0 Å². The van der Waals surface area contributed by atoms with Crippen LogP contribution in [0, 0.1) is 5.92 Å². The minimum Gasteiger partial charge on any atom is -0.490 e. The van der Waals surface area contributed by atoms with Gasteiger partial charge in [0.05, 0.1) is 18.9 Å². The monoisotopic (exact) mass is 420 g/mol. The fourth-order valence-electron chi connectivity index (χ4n) is 2.68. The van der Waals surface area contributed by atoms with Crippen molar-refractivity contribution in [1.82, 2.24) is 5.32 Å². The van der Waals surface area contributed by atoms with Gasteiger partial charge in [-0.2, -0.15) is 0 Å². The third-order valence-electron chi connectivity index (χ3n) is 3.85. The fourth-order valence-corrected chi connectivity index (χ4v) is 3.10. The second-order valence-electron chi connectivity index (χ2n) is 5.59. The van der Waals surface area contributed by atoms with Gasteiger partial charge in [0.2, 0.25) is 5.91 Å². The minimum absolute atomic E-state index is 0. The van der Waals surface area contributed by atoms with Gasteiger partial charge in [-0.25, -0.2) is 0 Å². The maximum atomic E-state index is 12.2. The molecule has 1 aromatic carbocycles. The molecule has 1 amide bonds. The van der Waals surface area contributed by atoms with Crippen molar-refractivity contribution in [2.24, 2.45) is 5.92 Å². The van der Waals surface area contributed by atoms with Gasteiger partial charge in [-0.15, -0.1) is 12.4 Å². The predicted molar refractivity (Wildman–Crippen MR) is 103 cm³/mol. The molecule has 7 heteroatoms. The van der Waals surface area contributed by atoms with Crippen LogP contribution in [0.15, 0.2) is 16.6 Å². The molecule has 24 heavy (non-hydrogen) atoms. The normalized spacial score (nSPS) is 16.4. The fraction of sp³-hybridized carbons (Fsp3) is 0.588. The molecular formula is C17H26BrClN2O3. The molecular weight excluding hydrogens is 396 g/mol. The molecule has 0 bridgehead atoms. The van der Waals surface area contributed by atoms with Gasteiger partial charge in [0.25, 0.3) is 0 Å². The number of hydrogen-bond donors (Lipinski definition) is 2. The van der Waals surface area contributed by atoms with Crippen LogP contribution in [0.5, 0.6) is 11.5 Å². The molecule has 1 aliphatic rings. The number of anilines is 1. The Kier molecular flexibility index (Phi) is 9.48. The van der Waals surface area contributed by atoms with Crippen molar-refractivity contribution < 1.29 is 14.3 Å². The third kappa shape index (κ3) is 6.15. The number of halogens is 2. The zero-order chi connectivity index (χ0) is 16.7. The molecule has 1 aliphatic heterocycles. The van der Waals surface area contributed by atoms with Crippen LogP contribution in [0.1, 0.15) is 33.1 Å². The average molecular weight is 422 g/mol. The number of nitrogens with one attached hydrogen (secondary N) is 2. The first-order valence-electron chi connectivity index (χ1n) is 8.23. The van der Waals surface area contributed by atoms with Crippen LogP contribution in [0.25, 0.3) is 0 Å². The largest absolute Gasteiger partial charge is 0.490 e. The average Bonchev–Trinajstić information content (AvgIpc) is 3.03. The van der Waals surface area contributed by atoms with Gasteiger partial charge in [-0.1, -0.05) is 0 Å². The van der Waals surface area contributed by atoms with Crippen molar-refractivity contribution in [3.8, 4) is 11.5 Å². The molecule has 2 N–H and O–H groups in total. The Morgan fingerprint density at radius 1 is 1.29 bits per heavy atom. The zero-order valence-corrected chi connectivity index (χ0v) is 16.6. The summed E-state index contributed by atoms with van der Waals surface area (Å²) in [5.74, 6) is 1.97. The lowest BCUT2D eigenvalue weighted by Crippen LogP contribution is -2.15. The molecule has 1 atom stereocenters. The first-order chi connectivity index (χ1) is 11.1. The third-order valence-corrected chi connectivity index (χ3v) is 4.51. The van der Waals surface area contributed by atoms with Gasteiger partial charge in [0.1, 0.15) is 0 Å². The van der Waals surface area contributed by atoms with Crippen molar-refractivity contribution in [3.63, 3.8) is 0 Å². The lowest BCUT2D eigenvalue weighted by Gasteiger charge is -2.15. The molecule has 136 valence electrons. The van der Waals surface area contributed by atoms with E-state index in [2.05, 4.69) is 26.6 Å². The number of rotatable bonds is 8. The second kappa shape index (κ2) is 10.8. The van der Waals surface area contributed by atoms with E-state index in [0.29, 0.717) is 42.7 Å². The Bertz CT molecular complexity index is 537. The van der Waals surface area contributed by atoms with Crippen molar-refractivity contribution in [3.05, 3.63) is 16.6 Å². The van der Waals surface area contributed by atoms with Crippen molar-refractivity contribution in [2.75, 3.05) is 31.6 Å². The summed E-state index contributed by atoms with van der Waals surface area (Å²) in [5.41, 5.74) is 0.714. The molecule has 1 aromatic rings. The summed E-state index contributed by atoms with van der Waals surface area (Å²) in [7, 11) is 0. The smallest absolute Gasteiger partial charge is 0.224 e. The number of benzene rings is 1. The molecule has 2 rings (SSSR count). The molecule has 1 unspecified atom stereocenters. The zero-order valence-electron chi connectivity index (χ0n) is 14.2. The maximum Gasteiger partial charge on any atom is 0.224 e. The Hall–Kier alpha value is -0.980. The van der Waals surface area contributed by atoms with Crippen LogP contribution in [-0.4, -0.2) is 32.2 Å². The summed E-state index contributed by atoms with van der Waals surface area (Å²) >= 11 is 3.49. The van der Waals surface area contributed by atoms with E-state index in [1.54, 1.807) is 0 Å². The van der Waals surface area contributed by atoms with Crippen LogP contribution >= 0.6 is 28.3 Å². The van der Waals surface area contributed by atoms with Gasteiger partial charge >= 0.3 is 0 Å². The quantitative estimate of drug-likeness (QED) is 0.666. The molecule has 0 radical (unpaired) electrons. The molecule has 1 saturated heterocycles. The van der Waals surface area contributed by atoms with E-state index in [4.69, 9.17) is 9.47 Å². The van der Waals surface area contributed by atoms with E-state index < -0.39 is 0 Å². The summed E-state index contributed by atoms with van der Waals surface area (Å²) in [6.45, 7) is 7.04. The van der Waals surface area contributed by atoms with Crippen LogP contribution in [0.3, 0.4) is 0 Å². The van der Waals surface area contributed by atoms with Gasteiger partial charge < -0.3 is 20.1 Å². The van der Waals surface area contributed by atoms with Crippen LogP contribution in [0.4, 0.5) is 5.69 Å². The standard InChI is InChI=1S/C17H25BrN2O3.ClH/c1-3-22-15-9-13(18)14(10-16(15)23-4-2)20-17(21)6-5-12-7-8-19-11-12;/h9-10,12,19H,3-8,11H2,1-2H3,(H,20,21);1H. The second-order valence-corrected chi connectivity index (χ2v) is 6.44. The molecule has 5 nitrogen and oxygen atoms in total. The summed E-state index contributed by atoms with van der Waals surface area (Å²) in [6.07, 6.45) is 2.62. The highest BCUT2D eigenvalue weighted by Gasteiger charge is 2.17. The number of carbonyl (C=O) groups excluding carboxylic acids is 1. The molecule has 0 aliphatic carbocycles. The van der Waals surface area contributed by atoms with E-state index in [9.17, 15) is 4.79 Å². The van der Waals surface area contributed by atoms with E-state index in [0.717, 1.165) is 30.4 Å². The number of hydrogen-bond acceptors (Lipinski definition) is 4. The van der Waals surface area contributed by atoms with E-state index >= 15 is 0 Å². The van der Waals surface area contributed by atoms with Gasteiger partial charge in [-0.05, 0) is 61.6 Å². The molecule has 0 spiro atoms. The molecule has 1 fully saturated rings. The van der Waals surface area contributed by atoms with Crippen molar-refractivity contribution >= 4 is 39.9 Å². The summed E-state index contributed by atoms with van der Waals surface area (Å²) in [6, 6.07) is 3.65. The highest BCUT2D eigenvalue weighted by Crippen LogP contribution is 2.36. The minimum atomic E-state index is 0.